The van der Waals surface area contributed by atoms with E-state index in [1.54, 1.807) is 18.2 Å². The van der Waals surface area contributed by atoms with Crippen molar-refractivity contribution in [2.75, 3.05) is 0 Å². The van der Waals surface area contributed by atoms with E-state index in [-0.39, 0.29) is 5.09 Å². The van der Waals surface area contributed by atoms with Crippen LogP contribution < -0.4 is 0 Å². The fourth-order valence-electron chi connectivity index (χ4n) is 1.20. The first-order valence-corrected chi connectivity index (χ1v) is 7.98. The molecule has 0 N–H and O–H groups in total. The number of hydrogen-bond acceptors (Lipinski definition) is 3. The minimum atomic E-state index is -3.65. The van der Waals surface area contributed by atoms with Crippen LogP contribution in [0.3, 0.4) is 0 Å². The lowest BCUT2D eigenvalue weighted by Crippen LogP contribution is -2.16. The molecule has 1 aromatic heterocycles. The zero-order valence-corrected chi connectivity index (χ0v) is 13.2. The largest absolute Gasteiger partial charge is 0.445 e. The molecule has 0 atom stereocenters. The molecule has 0 spiro atoms. The third kappa shape index (κ3) is 2.10. The van der Waals surface area contributed by atoms with Crippen molar-refractivity contribution in [1.82, 2.24) is 0 Å². The summed E-state index contributed by atoms with van der Waals surface area (Å²) in [4.78, 5) is 0. The molecule has 0 saturated heterocycles. The number of halogens is 3. The van der Waals surface area contributed by atoms with Crippen molar-refractivity contribution >= 4 is 68.6 Å². The molecule has 0 radical (unpaired) electrons. The van der Waals surface area contributed by atoms with Crippen molar-refractivity contribution in [3.05, 3.63) is 30.3 Å². The number of para-hydroxylation sites is 1. The van der Waals surface area contributed by atoms with Crippen molar-refractivity contribution in [2.45, 2.75) is 6.57 Å². The quantitative estimate of drug-likeness (QED) is 0.640. The van der Waals surface area contributed by atoms with Gasteiger partial charge in [0.2, 0.25) is 16.4 Å². The van der Waals surface area contributed by atoms with Crippen molar-refractivity contribution in [1.29, 1.82) is 0 Å². The summed E-state index contributed by atoms with van der Waals surface area (Å²) in [6.07, 6.45) is 0. The summed E-state index contributed by atoms with van der Waals surface area (Å²) < 4.78 is 27.9. The Morgan fingerprint density at radius 2 is 1.75 bits per heavy atom. The topological polar surface area (TPSA) is 47.3 Å². The summed E-state index contributed by atoms with van der Waals surface area (Å²) in [6.45, 7) is 0. The smallest absolute Gasteiger partial charge is 0.247 e. The molecule has 0 aliphatic carbocycles. The van der Waals surface area contributed by atoms with E-state index in [0.29, 0.717) is 5.58 Å². The predicted molar refractivity (Wildman–Crippen MR) is 72.9 cm³/mol. The highest BCUT2D eigenvalue weighted by Gasteiger charge is 2.40. The van der Waals surface area contributed by atoms with Crippen LogP contribution in [0.4, 0.5) is 0 Å². The van der Waals surface area contributed by atoms with Gasteiger partial charge in [0, 0.05) is 11.5 Å². The minimum absolute atomic E-state index is 0.0978. The van der Waals surface area contributed by atoms with Crippen LogP contribution in [0.25, 0.3) is 11.0 Å². The molecule has 3 nitrogen and oxygen atoms in total. The molecule has 1 heterocycles. The summed E-state index contributed by atoms with van der Waals surface area (Å²) in [5.41, 5.74) is 0.540. The molecule has 0 fully saturated rings. The molecule has 2 aromatic rings. The van der Waals surface area contributed by atoms with Gasteiger partial charge in [-0.2, -0.15) is 0 Å². The minimum Gasteiger partial charge on any atom is -0.445 e. The Bertz CT molecular complexity index is 592. The van der Waals surface area contributed by atoms with Crippen LogP contribution >= 0.6 is 47.8 Å². The second kappa shape index (κ2) is 4.12. The molecule has 1 aromatic carbocycles. The van der Waals surface area contributed by atoms with E-state index in [4.69, 9.17) is 4.42 Å². The third-order valence-electron chi connectivity index (χ3n) is 1.97. The van der Waals surface area contributed by atoms with Gasteiger partial charge in [0.15, 0.2) is 0 Å². The first-order valence-electron chi connectivity index (χ1n) is 4.12. The number of fused-ring (bicyclic) bond motifs is 1. The molecule has 0 bridgehead atoms. The van der Waals surface area contributed by atoms with Gasteiger partial charge in [-0.3, -0.25) is 0 Å². The van der Waals surface area contributed by atoms with Gasteiger partial charge in [0.05, 0.1) is 0 Å². The number of sulfone groups is 1. The Kier molecular flexibility index (Phi) is 3.24. The molecular formula is C9H5Br3O3S. The average molecular weight is 433 g/mol. The van der Waals surface area contributed by atoms with Crippen molar-refractivity contribution in [3.63, 3.8) is 0 Å². The summed E-state index contributed by atoms with van der Waals surface area (Å²) in [6, 6.07) is 8.59. The van der Waals surface area contributed by atoms with E-state index in [1.165, 1.54) is 6.07 Å². The van der Waals surface area contributed by atoms with Gasteiger partial charge in [-0.1, -0.05) is 18.2 Å². The number of alkyl halides is 3. The van der Waals surface area contributed by atoms with Gasteiger partial charge >= 0.3 is 0 Å². The van der Waals surface area contributed by atoms with E-state index < -0.39 is 11.3 Å². The van der Waals surface area contributed by atoms with Gasteiger partial charge in [0.25, 0.3) is 0 Å². The van der Waals surface area contributed by atoms with Crippen LogP contribution in [0.2, 0.25) is 0 Å². The maximum atomic E-state index is 12.0. The highest BCUT2D eigenvalue weighted by Crippen LogP contribution is 2.44. The van der Waals surface area contributed by atoms with Gasteiger partial charge in [0.1, 0.15) is 5.58 Å². The molecule has 7 heteroatoms. The summed E-state index contributed by atoms with van der Waals surface area (Å²) in [7, 11) is -3.65. The Hall–Kier alpha value is 0.150. The molecule has 0 unspecified atom stereocenters. The predicted octanol–water partition coefficient (Wildman–Crippen LogP) is 4.00. The van der Waals surface area contributed by atoms with Gasteiger partial charge in [-0.15, -0.1) is 0 Å². The lowest BCUT2D eigenvalue weighted by molar-refractivity contribution is 0.483. The lowest BCUT2D eigenvalue weighted by Gasteiger charge is -2.10. The van der Waals surface area contributed by atoms with Crippen LogP contribution in [0.1, 0.15) is 0 Å². The Morgan fingerprint density at radius 3 is 2.31 bits per heavy atom. The normalized spacial score (nSPS) is 13.2. The summed E-state index contributed by atoms with van der Waals surface area (Å²) in [5.74, 6) is 0. The van der Waals surface area contributed by atoms with Gasteiger partial charge in [-0.05, 0) is 53.9 Å². The maximum Gasteiger partial charge on any atom is 0.247 e. The SMILES string of the molecule is O=S(=O)(c1cc2ccccc2o1)C(Br)(Br)Br. The Balaban J connectivity index is 2.66. The molecule has 16 heavy (non-hydrogen) atoms. The first kappa shape index (κ1) is 12.6. The van der Waals surface area contributed by atoms with Crippen LogP contribution in [0, 0.1) is 0 Å². The standard InChI is InChI=1S/C9H5Br3O3S/c10-9(11,12)16(13,14)8-5-6-3-1-2-4-7(6)15-8/h1-5H. The zero-order chi connectivity index (χ0) is 12.0. The van der Waals surface area contributed by atoms with Crippen molar-refractivity contribution in [2.24, 2.45) is 0 Å². The Labute approximate surface area is 118 Å². The highest BCUT2D eigenvalue weighted by atomic mass is 80.0. The molecule has 86 valence electrons. The van der Waals surface area contributed by atoms with Crippen LogP contribution in [-0.4, -0.2) is 9.89 Å². The van der Waals surface area contributed by atoms with E-state index in [0.717, 1.165) is 5.39 Å². The maximum absolute atomic E-state index is 12.0. The van der Waals surface area contributed by atoms with E-state index in [1.807, 2.05) is 6.07 Å². The van der Waals surface area contributed by atoms with Crippen molar-refractivity contribution in [3.8, 4) is 0 Å². The van der Waals surface area contributed by atoms with Crippen LogP contribution in [0.5, 0.6) is 0 Å². The van der Waals surface area contributed by atoms with Crippen LogP contribution in [0.15, 0.2) is 39.8 Å². The zero-order valence-electron chi connectivity index (χ0n) is 7.65. The highest BCUT2D eigenvalue weighted by molar-refractivity contribution is 9.42. The number of furan rings is 1. The fourth-order valence-corrected chi connectivity index (χ4v) is 3.35. The second-order valence-electron chi connectivity index (χ2n) is 3.05. The van der Waals surface area contributed by atoms with E-state index in [9.17, 15) is 8.42 Å². The summed E-state index contributed by atoms with van der Waals surface area (Å²) in [5, 5.41) is 0.650. The summed E-state index contributed by atoms with van der Waals surface area (Å²) >= 11 is 8.94. The molecule has 2 rings (SSSR count). The lowest BCUT2D eigenvalue weighted by atomic mass is 10.3. The number of hydrogen-bond donors (Lipinski definition) is 0. The molecule has 0 amide bonds. The monoisotopic (exact) mass is 430 g/mol. The fraction of sp³-hybridized carbons (Fsp3) is 0.111. The van der Waals surface area contributed by atoms with Crippen molar-refractivity contribution < 1.29 is 12.8 Å². The van der Waals surface area contributed by atoms with Crippen LogP contribution in [-0.2, 0) is 9.84 Å². The molecular weight excluding hydrogens is 428 g/mol. The van der Waals surface area contributed by atoms with Gasteiger partial charge in [-0.25, -0.2) is 8.42 Å². The number of rotatable bonds is 1. The van der Waals surface area contributed by atoms with E-state index in [2.05, 4.69) is 47.8 Å². The van der Waals surface area contributed by atoms with Gasteiger partial charge < -0.3 is 4.42 Å². The van der Waals surface area contributed by atoms with E-state index >= 15 is 0 Å². The first-order chi connectivity index (χ1) is 7.32. The third-order valence-corrected chi connectivity index (χ3v) is 7.15. The molecule has 0 aliphatic heterocycles. The average Bonchev–Trinajstić information content (AvgIpc) is 2.59. The molecule has 0 aliphatic rings. The Morgan fingerprint density at radius 1 is 1.12 bits per heavy atom. The second-order valence-corrected chi connectivity index (χ2v) is 13.4. The molecule has 0 saturated carbocycles. The number of benzene rings is 1.